The lowest BCUT2D eigenvalue weighted by Crippen LogP contribution is -2.10. The van der Waals surface area contributed by atoms with E-state index in [2.05, 4.69) is 16.1 Å². The Morgan fingerprint density at radius 1 is 0.958 bits per heavy atom. The van der Waals surface area contributed by atoms with Gasteiger partial charge in [0, 0.05) is 12.0 Å². The summed E-state index contributed by atoms with van der Waals surface area (Å²) in [5.74, 6) is 2.94. The predicted octanol–water partition coefficient (Wildman–Crippen LogP) is 3.80. The molecule has 5 nitrogen and oxygen atoms in total. The maximum Gasteiger partial charge on any atom is 0.228 e. The highest BCUT2D eigenvalue weighted by molar-refractivity contribution is 5.66. The minimum absolute atomic E-state index is 0.618. The Labute approximate surface area is 138 Å². The van der Waals surface area contributed by atoms with Crippen LogP contribution in [0.2, 0.25) is 0 Å². The Balaban J connectivity index is 1.80. The van der Waals surface area contributed by atoms with Gasteiger partial charge in [0.2, 0.25) is 5.88 Å². The molecule has 0 spiro atoms. The lowest BCUT2D eigenvalue weighted by atomic mass is 10.0. The first-order chi connectivity index (χ1) is 11.8. The Morgan fingerprint density at radius 3 is 2.62 bits per heavy atom. The Kier molecular flexibility index (Phi) is 2.70. The lowest BCUT2D eigenvalue weighted by molar-refractivity contribution is 0.440. The minimum atomic E-state index is 0.618. The molecule has 2 aromatic carbocycles. The van der Waals surface area contributed by atoms with E-state index in [-0.39, 0.29) is 0 Å². The van der Waals surface area contributed by atoms with Crippen molar-refractivity contribution in [1.82, 2.24) is 19.6 Å². The second kappa shape index (κ2) is 4.89. The van der Waals surface area contributed by atoms with E-state index in [0.717, 1.165) is 46.2 Å². The van der Waals surface area contributed by atoms with E-state index in [9.17, 15) is 0 Å². The lowest BCUT2D eigenvalue weighted by Gasteiger charge is -2.20. The third-order valence-electron chi connectivity index (χ3n) is 4.23. The summed E-state index contributed by atoms with van der Waals surface area (Å²) in [5.41, 5.74) is 3.92. The first-order valence-electron chi connectivity index (χ1n) is 7.87. The third kappa shape index (κ3) is 1.91. The molecule has 0 N–H and O–H groups in total. The van der Waals surface area contributed by atoms with Crippen molar-refractivity contribution < 1.29 is 4.74 Å². The van der Waals surface area contributed by atoms with Crippen LogP contribution in [0, 0.1) is 6.92 Å². The zero-order valence-electron chi connectivity index (χ0n) is 13.1. The highest BCUT2D eigenvalue weighted by Crippen LogP contribution is 2.38. The van der Waals surface area contributed by atoms with E-state index in [4.69, 9.17) is 9.72 Å². The minimum Gasteiger partial charge on any atom is -0.438 e. The Bertz CT molecular complexity index is 1070. The van der Waals surface area contributed by atoms with Crippen LogP contribution in [0.15, 0.2) is 54.6 Å². The number of rotatable bonds is 1. The number of ether oxygens (including phenoxy) is 1. The maximum absolute atomic E-state index is 6.06. The van der Waals surface area contributed by atoms with Gasteiger partial charge in [-0.25, -0.2) is 4.98 Å². The van der Waals surface area contributed by atoms with Crippen molar-refractivity contribution in [2.45, 2.75) is 13.3 Å². The van der Waals surface area contributed by atoms with E-state index in [0.29, 0.717) is 5.88 Å². The van der Waals surface area contributed by atoms with E-state index in [1.54, 1.807) is 0 Å². The van der Waals surface area contributed by atoms with Gasteiger partial charge >= 0.3 is 0 Å². The molecule has 0 aliphatic carbocycles. The molecular formula is C19H14N4O. The van der Waals surface area contributed by atoms with Gasteiger partial charge in [-0.2, -0.15) is 9.50 Å². The molecular weight excluding hydrogens is 300 g/mol. The van der Waals surface area contributed by atoms with Crippen LogP contribution in [-0.2, 0) is 6.42 Å². The van der Waals surface area contributed by atoms with Gasteiger partial charge in [-0.3, -0.25) is 0 Å². The smallest absolute Gasteiger partial charge is 0.228 e. The second-order valence-corrected chi connectivity index (χ2v) is 5.87. The molecule has 0 saturated heterocycles. The number of aromatic nitrogens is 4. The van der Waals surface area contributed by atoms with Gasteiger partial charge in [0.25, 0.3) is 0 Å². The summed E-state index contributed by atoms with van der Waals surface area (Å²) in [6, 6.07) is 18.0. The molecule has 0 bridgehead atoms. The van der Waals surface area contributed by atoms with Crippen LogP contribution in [0.1, 0.15) is 17.0 Å². The summed E-state index contributed by atoms with van der Waals surface area (Å²) in [4.78, 5) is 9.38. The van der Waals surface area contributed by atoms with Crippen molar-refractivity contribution in [2.24, 2.45) is 0 Å². The number of nitrogens with zero attached hydrogens (tertiary/aromatic N) is 4. The predicted molar refractivity (Wildman–Crippen MR) is 90.3 cm³/mol. The van der Waals surface area contributed by atoms with Gasteiger partial charge in [0.05, 0.1) is 5.56 Å². The molecule has 0 unspecified atom stereocenters. The van der Waals surface area contributed by atoms with E-state index in [1.165, 1.54) is 0 Å². The molecule has 0 fully saturated rings. The van der Waals surface area contributed by atoms with Gasteiger partial charge < -0.3 is 4.74 Å². The van der Waals surface area contributed by atoms with Crippen LogP contribution in [0.25, 0.3) is 17.0 Å². The van der Waals surface area contributed by atoms with Crippen LogP contribution in [0.3, 0.4) is 0 Å². The molecule has 5 rings (SSSR count). The Morgan fingerprint density at radius 2 is 1.75 bits per heavy atom. The summed E-state index contributed by atoms with van der Waals surface area (Å²) in [6.07, 6.45) is 0.745. The number of benzene rings is 2. The van der Waals surface area contributed by atoms with E-state index >= 15 is 0 Å². The largest absolute Gasteiger partial charge is 0.438 e. The number of hydrogen-bond acceptors (Lipinski definition) is 4. The number of para-hydroxylation sites is 1. The monoisotopic (exact) mass is 314 g/mol. The van der Waals surface area contributed by atoms with E-state index < -0.39 is 0 Å². The van der Waals surface area contributed by atoms with Gasteiger partial charge in [0.15, 0.2) is 11.5 Å². The number of aryl methyl sites for hydroxylation is 1. The van der Waals surface area contributed by atoms with Crippen molar-refractivity contribution in [2.75, 3.05) is 0 Å². The van der Waals surface area contributed by atoms with Crippen molar-refractivity contribution >= 4 is 5.65 Å². The fourth-order valence-corrected chi connectivity index (χ4v) is 3.12. The topological polar surface area (TPSA) is 52.3 Å². The zero-order valence-corrected chi connectivity index (χ0v) is 13.1. The molecule has 3 heterocycles. The first-order valence-corrected chi connectivity index (χ1v) is 7.87. The maximum atomic E-state index is 6.06. The Hall–Kier alpha value is -3.21. The molecule has 4 aromatic rings. The molecule has 24 heavy (non-hydrogen) atoms. The normalized spacial score (nSPS) is 12.5. The van der Waals surface area contributed by atoms with Crippen molar-refractivity contribution in [3.63, 3.8) is 0 Å². The van der Waals surface area contributed by atoms with Crippen LogP contribution >= 0.6 is 0 Å². The fraction of sp³-hybridized carbons (Fsp3) is 0.105. The van der Waals surface area contributed by atoms with E-state index in [1.807, 2.05) is 60.0 Å². The quantitative estimate of drug-likeness (QED) is 0.472. The summed E-state index contributed by atoms with van der Waals surface area (Å²) < 4.78 is 7.88. The standard InChI is InChI=1S/C19H14N4O/c1-12-20-18-15-11-14-9-5-6-10-16(14)24-19(15)21-17(23(18)22-12)13-7-3-2-4-8-13/h2-10H,11H2,1H3. The first kappa shape index (κ1) is 13.2. The van der Waals surface area contributed by atoms with Gasteiger partial charge in [0.1, 0.15) is 11.6 Å². The van der Waals surface area contributed by atoms with Crippen molar-refractivity contribution in [1.29, 1.82) is 0 Å². The highest BCUT2D eigenvalue weighted by Gasteiger charge is 2.24. The molecule has 5 heteroatoms. The molecule has 1 aliphatic rings. The highest BCUT2D eigenvalue weighted by atomic mass is 16.5. The van der Waals surface area contributed by atoms with Gasteiger partial charge in [-0.15, -0.1) is 5.10 Å². The average molecular weight is 314 g/mol. The van der Waals surface area contributed by atoms with Crippen molar-refractivity contribution in [3.8, 4) is 23.0 Å². The molecule has 0 amide bonds. The summed E-state index contributed by atoms with van der Waals surface area (Å²) >= 11 is 0. The zero-order chi connectivity index (χ0) is 16.1. The summed E-state index contributed by atoms with van der Waals surface area (Å²) in [6.45, 7) is 1.89. The molecule has 0 radical (unpaired) electrons. The third-order valence-corrected chi connectivity index (χ3v) is 4.23. The molecule has 0 atom stereocenters. The molecule has 1 aliphatic heterocycles. The van der Waals surface area contributed by atoms with Crippen molar-refractivity contribution in [3.05, 3.63) is 71.5 Å². The average Bonchev–Trinajstić information content (AvgIpc) is 3.02. The molecule has 116 valence electrons. The fourth-order valence-electron chi connectivity index (χ4n) is 3.12. The SMILES string of the molecule is Cc1nc2c3c(nc(-c4ccccc4)n2n1)Oc1ccccc1C3. The van der Waals surface area contributed by atoms with Crippen LogP contribution in [0.5, 0.6) is 11.6 Å². The van der Waals surface area contributed by atoms with Crippen LogP contribution in [-0.4, -0.2) is 19.6 Å². The van der Waals surface area contributed by atoms with Crippen LogP contribution < -0.4 is 4.74 Å². The van der Waals surface area contributed by atoms with Gasteiger partial charge in [-0.1, -0.05) is 48.5 Å². The number of fused-ring (bicyclic) bond motifs is 4. The number of hydrogen-bond donors (Lipinski definition) is 0. The molecule has 0 saturated carbocycles. The molecule has 2 aromatic heterocycles. The summed E-state index contributed by atoms with van der Waals surface area (Å²) in [5, 5.41) is 4.54. The second-order valence-electron chi connectivity index (χ2n) is 5.87. The summed E-state index contributed by atoms with van der Waals surface area (Å²) in [7, 11) is 0. The van der Waals surface area contributed by atoms with Crippen LogP contribution in [0.4, 0.5) is 0 Å². The van der Waals surface area contributed by atoms with Gasteiger partial charge in [-0.05, 0) is 18.6 Å².